The third-order valence-electron chi connectivity index (χ3n) is 2.89. The van der Waals surface area contributed by atoms with Crippen molar-refractivity contribution in [3.05, 3.63) is 52.4 Å². The molecule has 7 heteroatoms. The number of hydrogen-bond acceptors (Lipinski definition) is 5. The number of carbonyl (C=O) groups excluding carboxylic acids is 2. The number of aryl methyl sites for hydroxylation is 1. The Hall–Kier alpha value is -2.34. The zero-order chi connectivity index (χ0) is 16.1. The van der Waals surface area contributed by atoms with Gasteiger partial charge in [0, 0.05) is 17.6 Å². The van der Waals surface area contributed by atoms with E-state index in [2.05, 4.69) is 10.5 Å². The van der Waals surface area contributed by atoms with E-state index in [-0.39, 0.29) is 12.3 Å². The smallest absolute Gasteiger partial charge is 0.377 e. The summed E-state index contributed by atoms with van der Waals surface area (Å²) in [5.41, 5.74) is 1.34. The first-order valence-electron chi connectivity index (χ1n) is 6.63. The zero-order valence-corrected chi connectivity index (χ0v) is 12.9. The van der Waals surface area contributed by atoms with Crippen LogP contribution in [0.1, 0.15) is 28.7 Å². The maximum atomic E-state index is 11.9. The van der Waals surface area contributed by atoms with Gasteiger partial charge < -0.3 is 14.6 Å². The summed E-state index contributed by atoms with van der Waals surface area (Å²) in [5.74, 6) is -1.20. The predicted molar refractivity (Wildman–Crippen MR) is 79.4 cm³/mol. The van der Waals surface area contributed by atoms with E-state index < -0.39 is 18.0 Å². The molecule has 1 aromatic heterocycles. The van der Waals surface area contributed by atoms with E-state index in [1.807, 2.05) is 6.07 Å². The van der Waals surface area contributed by atoms with Crippen molar-refractivity contribution in [1.29, 1.82) is 0 Å². The number of halogens is 1. The molecule has 1 atom stereocenters. The van der Waals surface area contributed by atoms with Crippen LogP contribution in [0.4, 0.5) is 0 Å². The van der Waals surface area contributed by atoms with E-state index in [0.29, 0.717) is 10.7 Å². The minimum Gasteiger partial charge on any atom is -0.447 e. The molecule has 1 aromatic carbocycles. The Labute approximate surface area is 132 Å². The van der Waals surface area contributed by atoms with Crippen LogP contribution in [0.3, 0.4) is 0 Å². The highest BCUT2D eigenvalue weighted by Gasteiger charge is 2.21. The number of benzene rings is 1. The maximum Gasteiger partial charge on any atom is 0.377 e. The number of nitrogens with zero attached hydrogens (tertiary/aromatic N) is 1. The predicted octanol–water partition coefficient (Wildman–Crippen LogP) is 2.50. The van der Waals surface area contributed by atoms with E-state index in [9.17, 15) is 9.59 Å². The number of amides is 1. The van der Waals surface area contributed by atoms with Gasteiger partial charge in [-0.15, -0.1) is 0 Å². The zero-order valence-electron chi connectivity index (χ0n) is 12.1. The number of ether oxygens (including phenoxy) is 1. The first kappa shape index (κ1) is 16.0. The fourth-order valence-electron chi connectivity index (χ4n) is 1.70. The Balaban J connectivity index is 1.87. The van der Waals surface area contributed by atoms with Gasteiger partial charge in [0.2, 0.25) is 5.76 Å². The normalized spacial score (nSPS) is 11.8. The number of nitrogens with one attached hydrogen (secondary N) is 1. The highest BCUT2D eigenvalue weighted by atomic mass is 35.5. The van der Waals surface area contributed by atoms with E-state index >= 15 is 0 Å². The molecule has 0 saturated heterocycles. The first-order valence-corrected chi connectivity index (χ1v) is 7.00. The van der Waals surface area contributed by atoms with Gasteiger partial charge in [0.15, 0.2) is 6.10 Å². The van der Waals surface area contributed by atoms with Crippen molar-refractivity contribution >= 4 is 23.5 Å². The van der Waals surface area contributed by atoms with Gasteiger partial charge in [-0.25, -0.2) is 4.79 Å². The van der Waals surface area contributed by atoms with Crippen LogP contribution in [0.5, 0.6) is 0 Å². The van der Waals surface area contributed by atoms with Gasteiger partial charge >= 0.3 is 5.97 Å². The summed E-state index contributed by atoms with van der Waals surface area (Å²) in [6.07, 6.45) is -0.958. The molecule has 0 unspecified atom stereocenters. The lowest BCUT2D eigenvalue weighted by atomic mass is 10.2. The third-order valence-corrected chi connectivity index (χ3v) is 3.26. The molecule has 0 bridgehead atoms. The molecule has 116 valence electrons. The van der Waals surface area contributed by atoms with Gasteiger partial charge in [0.05, 0.1) is 5.69 Å². The lowest BCUT2D eigenvalue weighted by Gasteiger charge is -2.13. The van der Waals surface area contributed by atoms with Crippen LogP contribution in [0.2, 0.25) is 5.02 Å². The summed E-state index contributed by atoms with van der Waals surface area (Å²) in [6, 6.07) is 8.60. The molecule has 0 spiro atoms. The highest BCUT2D eigenvalue weighted by Crippen LogP contribution is 2.14. The van der Waals surface area contributed by atoms with Gasteiger partial charge in [0.1, 0.15) is 0 Å². The molecule has 2 aromatic rings. The van der Waals surface area contributed by atoms with Crippen molar-refractivity contribution in [2.45, 2.75) is 26.5 Å². The standard InChI is InChI=1S/C15H15ClN2O4/c1-9-7-13(22-18-9)15(20)21-10(2)14(19)17-8-11-5-3-4-6-12(11)16/h3-7,10H,8H2,1-2H3,(H,17,19)/t10-/m0/s1. The topological polar surface area (TPSA) is 81.4 Å². The van der Waals surface area contributed by atoms with Gasteiger partial charge in [-0.2, -0.15) is 0 Å². The Morgan fingerprint density at radius 1 is 1.41 bits per heavy atom. The molecule has 1 amide bonds. The fraction of sp³-hybridized carbons (Fsp3) is 0.267. The lowest BCUT2D eigenvalue weighted by Crippen LogP contribution is -2.35. The van der Waals surface area contributed by atoms with Crippen molar-refractivity contribution in [2.75, 3.05) is 0 Å². The summed E-state index contributed by atoms with van der Waals surface area (Å²) in [7, 11) is 0. The van der Waals surface area contributed by atoms with E-state index in [1.165, 1.54) is 13.0 Å². The first-order chi connectivity index (χ1) is 10.5. The molecule has 0 radical (unpaired) electrons. The number of hydrogen-bond donors (Lipinski definition) is 1. The molecule has 0 fully saturated rings. The van der Waals surface area contributed by atoms with Gasteiger partial charge in [-0.05, 0) is 25.5 Å². The van der Waals surface area contributed by atoms with Crippen LogP contribution in [-0.2, 0) is 16.1 Å². The summed E-state index contributed by atoms with van der Waals surface area (Å²) in [4.78, 5) is 23.7. The summed E-state index contributed by atoms with van der Waals surface area (Å²) >= 11 is 6.00. The van der Waals surface area contributed by atoms with Crippen LogP contribution < -0.4 is 5.32 Å². The van der Waals surface area contributed by atoms with Crippen LogP contribution in [0, 0.1) is 6.92 Å². The minimum absolute atomic E-state index is 0.0387. The summed E-state index contributed by atoms with van der Waals surface area (Å²) < 4.78 is 9.79. The largest absolute Gasteiger partial charge is 0.447 e. The Morgan fingerprint density at radius 2 is 2.14 bits per heavy atom. The summed E-state index contributed by atoms with van der Waals surface area (Å²) in [6.45, 7) is 3.41. The highest BCUT2D eigenvalue weighted by molar-refractivity contribution is 6.31. The average Bonchev–Trinajstić information content (AvgIpc) is 2.92. The molecule has 6 nitrogen and oxygen atoms in total. The monoisotopic (exact) mass is 322 g/mol. The van der Waals surface area contributed by atoms with Crippen molar-refractivity contribution in [2.24, 2.45) is 0 Å². The molecule has 1 N–H and O–H groups in total. The molecule has 1 heterocycles. The second kappa shape index (κ2) is 7.09. The number of rotatable bonds is 5. The Morgan fingerprint density at radius 3 is 2.77 bits per heavy atom. The molecule has 22 heavy (non-hydrogen) atoms. The van der Waals surface area contributed by atoms with Crippen molar-refractivity contribution in [3.63, 3.8) is 0 Å². The molecular formula is C15H15ClN2O4. The maximum absolute atomic E-state index is 11.9. The lowest BCUT2D eigenvalue weighted by molar-refractivity contribution is -0.129. The second-order valence-corrected chi connectivity index (χ2v) is 5.10. The minimum atomic E-state index is -0.958. The van der Waals surface area contributed by atoms with Crippen LogP contribution >= 0.6 is 11.6 Å². The van der Waals surface area contributed by atoms with Crippen LogP contribution in [0.25, 0.3) is 0 Å². The fourth-order valence-corrected chi connectivity index (χ4v) is 1.90. The molecule has 0 aliphatic rings. The quantitative estimate of drug-likeness (QED) is 0.855. The van der Waals surface area contributed by atoms with Gasteiger partial charge in [-0.1, -0.05) is 35.0 Å². The third kappa shape index (κ3) is 4.08. The number of carbonyl (C=O) groups is 2. The average molecular weight is 323 g/mol. The van der Waals surface area contributed by atoms with Crippen LogP contribution in [0.15, 0.2) is 34.9 Å². The van der Waals surface area contributed by atoms with Crippen molar-refractivity contribution in [1.82, 2.24) is 10.5 Å². The van der Waals surface area contributed by atoms with E-state index in [1.54, 1.807) is 25.1 Å². The van der Waals surface area contributed by atoms with E-state index in [0.717, 1.165) is 5.56 Å². The molecule has 0 aliphatic carbocycles. The van der Waals surface area contributed by atoms with Crippen molar-refractivity contribution in [3.8, 4) is 0 Å². The SMILES string of the molecule is Cc1cc(C(=O)O[C@@H](C)C(=O)NCc2ccccc2Cl)on1. The van der Waals surface area contributed by atoms with Crippen LogP contribution in [-0.4, -0.2) is 23.1 Å². The van der Waals surface area contributed by atoms with Crippen molar-refractivity contribution < 1.29 is 18.8 Å². The second-order valence-electron chi connectivity index (χ2n) is 4.69. The van der Waals surface area contributed by atoms with Gasteiger partial charge in [-0.3, -0.25) is 4.79 Å². The van der Waals surface area contributed by atoms with E-state index in [4.69, 9.17) is 20.9 Å². The molecule has 0 aliphatic heterocycles. The molecule has 0 saturated carbocycles. The van der Waals surface area contributed by atoms with Gasteiger partial charge in [0.25, 0.3) is 5.91 Å². The summed E-state index contributed by atoms with van der Waals surface area (Å²) in [5, 5.41) is 6.80. The Bertz CT molecular complexity index is 684. The molecular weight excluding hydrogens is 308 g/mol. The molecule has 2 rings (SSSR count). The number of esters is 1. The Kier molecular flexibility index (Phi) is 5.16. The number of aromatic nitrogens is 1.